The number of thiazole rings is 1. The molecule has 25 heavy (non-hydrogen) atoms. The third-order valence-corrected chi connectivity index (χ3v) is 5.72. The van der Waals surface area contributed by atoms with Crippen molar-refractivity contribution in [2.24, 2.45) is 0 Å². The lowest BCUT2D eigenvalue weighted by Gasteiger charge is -2.38. The standard InChI is InChI=1S/C19H23N3O2S/c1-14-5-4-6-15(9-14)24-16-11-22(12-16)19(23)17-10-20-18(25-17)13-21-7-2-3-8-21/h4-6,9-10,16H,2-3,7-8,11-13H2,1H3. The Morgan fingerprint density at radius 3 is 2.88 bits per heavy atom. The number of benzene rings is 1. The molecule has 2 aromatic rings. The average Bonchev–Trinajstić information content (AvgIpc) is 3.22. The second-order valence-electron chi connectivity index (χ2n) is 6.87. The van der Waals surface area contributed by atoms with Crippen LogP contribution in [-0.2, 0) is 6.54 Å². The first-order valence-electron chi connectivity index (χ1n) is 8.87. The lowest BCUT2D eigenvalue weighted by molar-refractivity contribution is 0.0181. The molecular formula is C19H23N3O2S. The number of hydrogen-bond acceptors (Lipinski definition) is 5. The van der Waals surface area contributed by atoms with E-state index in [4.69, 9.17) is 4.74 Å². The van der Waals surface area contributed by atoms with Crippen molar-refractivity contribution in [1.82, 2.24) is 14.8 Å². The van der Waals surface area contributed by atoms with Crippen molar-refractivity contribution in [3.05, 3.63) is 45.9 Å². The van der Waals surface area contributed by atoms with Crippen molar-refractivity contribution in [3.8, 4) is 5.75 Å². The summed E-state index contributed by atoms with van der Waals surface area (Å²) in [6.07, 6.45) is 4.36. The quantitative estimate of drug-likeness (QED) is 0.825. The van der Waals surface area contributed by atoms with Gasteiger partial charge < -0.3 is 9.64 Å². The van der Waals surface area contributed by atoms with Gasteiger partial charge >= 0.3 is 0 Å². The second-order valence-corrected chi connectivity index (χ2v) is 7.98. The van der Waals surface area contributed by atoms with Crippen molar-refractivity contribution in [3.63, 3.8) is 0 Å². The zero-order valence-electron chi connectivity index (χ0n) is 14.5. The average molecular weight is 357 g/mol. The highest BCUT2D eigenvalue weighted by Gasteiger charge is 2.33. The third kappa shape index (κ3) is 3.85. The molecule has 0 spiro atoms. The van der Waals surface area contributed by atoms with Crippen LogP contribution in [0, 0.1) is 6.92 Å². The Labute approximate surface area is 152 Å². The summed E-state index contributed by atoms with van der Waals surface area (Å²) in [6.45, 7) is 6.50. The zero-order chi connectivity index (χ0) is 17.2. The highest BCUT2D eigenvalue weighted by molar-refractivity contribution is 7.13. The maximum Gasteiger partial charge on any atom is 0.265 e. The molecule has 1 aromatic heterocycles. The normalized spacial score (nSPS) is 18.4. The maximum atomic E-state index is 12.6. The van der Waals surface area contributed by atoms with Crippen LogP contribution in [0.2, 0.25) is 0 Å². The van der Waals surface area contributed by atoms with E-state index in [1.807, 2.05) is 36.1 Å². The van der Waals surface area contributed by atoms with Crippen molar-refractivity contribution in [2.75, 3.05) is 26.2 Å². The number of carbonyl (C=O) groups is 1. The van der Waals surface area contributed by atoms with E-state index < -0.39 is 0 Å². The van der Waals surface area contributed by atoms with Crippen LogP contribution < -0.4 is 4.74 Å². The number of rotatable bonds is 5. The van der Waals surface area contributed by atoms with Gasteiger partial charge in [0.15, 0.2) is 0 Å². The van der Waals surface area contributed by atoms with Gasteiger partial charge in [-0.05, 0) is 50.6 Å². The Kier molecular flexibility index (Phi) is 4.72. The van der Waals surface area contributed by atoms with Gasteiger partial charge in [-0.15, -0.1) is 11.3 Å². The molecular weight excluding hydrogens is 334 g/mol. The van der Waals surface area contributed by atoms with Crippen molar-refractivity contribution in [2.45, 2.75) is 32.4 Å². The summed E-state index contributed by atoms with van der Waals surface area (Å²) >= 11 is 1.53. The molecule has 2 aliphatic heterocycles. The molecule has 132 valence electrons. The minimum Gasteiger partial charge on any atom is -0.487 e. The van der Waals surface area contributed by atoms with E-state index in [0.29, 0.717) is 13.1 Å². The second kappa shape index (κ2) is 7.14. The van der Waals surface area contributed by atoms with Gasteiger partial charge in [0.2, 0.25) is 0 Å². The fraction of sp³-hybridized carbons (Fsp3) is 0.474. The lowest BCUT2D eigenvalue weighted by atomic mass is 10.1. The topological polar surface area (TPSA) is 45.7 Å². The maximum absolute atomic E-state index is 12.6. The number of likely N-dealkylation sites (tertiary alicyclic amines) is 2. The number of amides is 1. The number of nitrogens with zero attached hydrogens (tertiary/aromatic N) is 3. The van der Waals surface area contributed by atoms with Gasteiger partial charge in [-0.3, -0.25) is 9.69 Å². The zero-order valence-corrected chi connectivity index (χ0v) is 15.3. The summed E-state index contributed by atoms with van der Waals surface area (Å²) in [6, 6.07) is 8.03. The molecule has 5 nitrogen and oxygen atoms in total. The SMILES string of the molecule is Cc1cccc(OC2CN(C(=O)c3cnc(CN4CCCC4)s3)C2)c1. The van der Waals surface area contributed by atoms with Crippen molar-refractivity contribution < 1.29 is 9.53 Å². The van der Waals surface area contributed by atoms with E-state index >= 15 is 0 Å². The predicted octanol–water partition coefficient (Wildman–Crippen LogP) is 2.95. The molecule has 0 unspecified atom stereocenters. The summed E-state index contributed by atoms with van der Waals surface area (Å²) in [5.41, 5.74) is 1.18. The minimum absolute atomic E-state index is 0.0780. The van der Waals surface area contributed by atoms with Gasteiger partial charge in [-0.1, -0.05) is 12.1 Å². The largest absolute Gasteiger partial charge is 0.487 e. The monoisotopic (exact) mass is 357 g/mol. The molecule has 0 atom stereocenters. The first-order chi connectivity index (χ1) is 12.2. The van der Waals surface area contributed by atoms with E-state index in [1.54, 1.807) is 6.20 Å². The Balaban J connectivity index is 1.28. The summed E-state index contributed by atoms with van der Waals surface area (Å²) in [5, 5.41) is 1.04. The molecule has 2 saturated heterocycles. The Morgan fingerprint density at radius 1 is 1.32 bits per heavy atom. The van der Waals surface area contributed by atoms with Crippen LogP contribution >= 0.6 is 11.3 Å². The first-order valence-corrected chi connectivity index (χ1v) is 9.69. The van der Waals surface area contributed by atoms with Crippen LogP contribution in [0.15, 0.2) is 30.5 Å². The molecule has 2 aliphatic rings. The summed E-state index contributed by atoms with van der Waals surface area (Å²) in [4.78, 5) is 22.0. The summed E-state index contributed by atoms with van der Waals surface area (Å²) in [5.74, 6) is 0.956. The van der Waals surface area contributed by atoms with Crippen LogP contribution in [-0.4, -0.2) is 53.0 Å². The molecule has 1 aromatic carbocycles. The summed E-state index contributed by atoms with van der Waals surface area (Å²) in [7, 11) is 0. The molecule has 0 aliphatic carbocycles. The predicted molar refractivity (Wildman–Crippen MR) is 98.1 cm³/mol. The molecule has 0 radical (unpaired) electrons. The van der Waals surface area contributed by atoms with Crippen molar-refractivity contribution in [1.29, 1.82) is 0 Å². The molecule has 0 N–H and O–H groups in total. The first kappa shape index (κ1) is 16.5. The van der Waals surface area contributed by atoms with Gasteiger partial charge in [0.25, 0.3) is 5.91 Å². The fourth-order valence-electron chi connectivity index (χ4n) is 3.33. The fourth-order valence-corrected chi connectivity index (χ4v) is 4.26. The molecule has 0 bridgehead atoms. The Morgan fingerprint density at radius 2 is 2.12 bits per heavy atom. The van der Waals surface area contributed by atoms with Crippen LogP contribution in [0.3, 0.4) is 0 Å². The highest BCUT2D eigenvalue weighted by Crippen LogP contribution is 2.24. The van der Waals surface area contributed by atoms with Gasteiger partial charge in [-0.25, -0.2) is 4.98 Å². The third-order valence-electron chi connectivity index (χ3n) is 4.75. The van der Waals surface area contributed by atoms with Crippen LogP contribution in [0.5, 0.6) is 5.75 Å². The molecule has 1 amide bonds. The number of aromatic nitrogens is 1. The molecule has 4 rings (SSSR count). The van der Waals surface area contributed by atoms with Gasteiger partial charge in [0, 0.05) is 0 Å². The van der Waals surface area contributed by atoms with E-state index in [-0.39, 0.29) is 12.0 Å². The number of carbonyl (C=O) groups excluding carboxylic acids is 1. The molecule has 2 fully saturated rings. The van der Waals surface area contributed by atoms with Crippen LogP contribution in [0.4, 0.5) is 0 Å². The number of ether oxygens (including phenoxy) is 1. The number of aryl methyl sites for hydroxylation is 1. The van der Waals surface area contributed by atoms with Crippen LogP contribution in [0.1, 0.15) is 33.1 Å². The van der Waals surface area contributed by atoms with E-state index in [1.165, 1.54) is 29.7 Å². The lowest BCUT2D eigenvalue weighted by Crippen LogP contribution is -2.56. The van der Waals surface area contributed by atoms with Crippen LogP contribution in [0.25, 0.3) is 0 Å². The molecule has 0 saturated carbocycles. The van der Waals surface area contributed by atoms with Crippen molar-refractivity contribution >= 4 is 17.2 Å². The van der Waals surface area contributed by atoms with E-state index in [9.17, 15) is 4.79 Å². The molecule has 3 heterocycles. The van der Waals surface area contributed by atoms with Gasteiger partial charge in [-0.2, -0.15) is 0 Å². The number of hydrogen-bond donors (Lipinski definition) is 0. The summed E-state index contributed by atoms with van der Waals surface area (Å²) < 4.78 is 5.93. The highest BCUT2D eigenvalue weighted by atomic mass is 32.1. The Bertz CT molecular complexity index is 749. The van der Waals surface area contributed by atoms with E-state index in [0.717, 1.165) is 35.3 Å². The Hall–Kier alpha value is -1.92. The molecule has 6 heteroatoms. The van der Waals surface area contributed by atoms with Gasteiger partial charge in [0.05, 0.1) is 25.8 Å². The smallest absolute Gasteiger partial charge is 0.265 e. The minimum atomic E-state index is 0.0780. The van der Waals surface area contributed by atoms with Gasteiger partial charge in [0.1, 0.15) is 21.7 Å². The van der Waals surface area contributed by atoms with E-state index in [2.05, 4.69) is 9.88 Å².